The summed E-state index contributed by atoms with van der Waals surface area (Å²) in [7, 11) is 1.26. The molecule has 2 atom stereocenters. The number of H-pyrrole nitrogens is 1. The van der Waals surface area contributed by atoms with E-state index in [1.165, 1.54) is 19.4 Å². The van der Waals surface area contributed by atoms with Gasteiger partial charge in [0.1, 0.15) is 0 Å². The minimum Gasteiger partial charge on any atom is -0.464 e. The number of rotatable bonds is 8. The van der Waals surface area contributed by atoms with Crippen LogP contribution in [-0.2, 0) is 22.5 Å². The van der Waals surface area contributed by atoms with Crippen LogP contribution >= 0.6 is 0 Å². The van der Waals surface area contributed by atoms with Gasteiger partial charge in [-0.05, 0) is 42.2 Å². The monoisotopic (exact) mass is 508 g/mol. The molecule has 37 heavy (non-hydrogen) atoms. The second kappa shape index (κ2) is 10.5. The fraction of sp³-hybridized carbons (Fsp3) is 0.308. The number of hydrogen-bond acceptors (Lipinski definition) is 6. The summed E-state index contributed by atoms with van der Waals surface area (Å²) < 4.78 is 33.5. The predicted octanol–water partition coefficient (Wildman–Crippen LogP) is 3.00. The number of methoxy groups -OCH3 is 1. The van der Waals surface area contributed by atoms with Crippen molar-refractivity contribution in [3.8, 4) is 0 Å². The van der Waals surface area contributed by atoms with Crippen LogP contribution in [0.5, 0.6) is 0 Å². The molecule has 0 bridgehead atoms. The molecule has 0 spiro atoms. The van der Waals surface area contributed by atoms with Gasteiger partial charge in [-0.25, -0.2) is 18.3 Å². The van der Waals surface area contributed by atoms with Crippen molar-refractivity contribution in [2.75, 3.05) is 20.2 Å². The van der Waals surface area contributed by atoms with E-state index in [9.17, 15) is 18.4 Å². The van der Waals surface area contributed by atoms with Crippen LogP contribution in [0.25, 0.3) is 10.9 Å². The largest absolute Gasteiger partial charge is 0.464 e. The molecule has 1 saturated heterocycles. The number of carbonyl (C=O) groups is 2. The van der Waals surface area contributed by atoms with Crippen LogP contribution in [0.2, 0.25) is 0 Å². The quantitative estimate of drug-likeness (QED) is 0.355. The van der Waals surface area contributed by atoms with E-state index in [0.717, 1.165) is 28.6 Å². The Morgan fingerprint density at radius 2 is 2.03 bits per heavy atom. The molecule has 5 rings (SSSR count). The van der Waals surface area contributed by atoms with E-state index in [-0.39, 0.29) is 24.2 Å². The third-order valence-corrected chi connectivity index (χ3v) is 6.70. The number of nitrogens with one attached hydrogen (secondary N) is 2. The molecule has 4 aromatic rings. The lowest BCUT2D eigenvalue weighted by molar-refractivity contribution is -0.125. The summed E-state index contributed by atoms with van der Waals surface area (Å²) >= 11 is 0. The highest BCUT2D eigenvalue weighted by Gasteiger charge is 2.38. The number of esters is 1. The lowest BCUT2D eigenvalue weighted by Crippen LogP contribution is -2.43. The number of para-hydroxylation sites is 1. The lowest BCUT2D eigenvalue weighted by atomic mass is 10.1. The fourth-order valence-corrected chi connectivity index (χ4v) is 4.82. The van der Waals surface area contributed by atoms with Crippen molar-refractivity contribution in [2.24, 2.45) is 0 Å². The Labute approximate surface area is 211 Å². The molecule has 0 saturated carbocycles. The van der Waals surface area contributed by atoms with Crippen LogP contribution < -0.4 is 5.32 Å². The van der Waals surface area contributed by atoms with Gasteiger partial charge in [-0.3, -0.25) is 9.69 Å². The number of benzene rings is 2. The number of halogens is 2. The van der Waals surface area contributed by atoms with E-state index in [0.29, 0.717) is 31.5 Å². The van der Waals surface area contributed by atoms with Gasteiger partial charge < -0.3 is 15.0 Å². The molecule has 192 valence electrons. The first kappa shape index (κ1) is 24.6. The van der Waals surface area contributed by atoms with Crippen LogP contribution in [0.4, 0.5) is 8.78 Å². The van der Waals surface area contributed by atoms with E-state index < -0.39 is 23.6 Å². The first-order valence-corrected chi connectivity index (χ1v) is 11.9. The second-order valence-electron chi connectivity index (χ2n) is 9.06. The van der Waals surface area contributed by atoms with E-state index >= 15 is 0 Å². The molecule has 2 aromatic carbocycles. The van der Waals surface area contributed by atoms with E-state index in [2.05, 4.69) is 20.6 Å². The maximum atomic E-state index is 13.8. The first-order chi connectivity index (χ1) is 17.9. The van der Waals surface area contributed by atoms with Gasteiger partial charge in [-0.1, -0.05) is 29.5 Å². The Morgan fingerprint density at radius 1 is 1.19 bits per heavy atom. The number of ether oxygens (including phenoxy) is 1. The Bertz CT molecular complexity index is 1430. The Hall–Kier alpha value is -4.12. The molecule has 1 aliphatic rings. The lowest BCUT2D eigenvalue weighted by Gasteiger charge is -2.23. The van der Waals surface area contributed by atoms with Crippen molar-refractivity contribution in [3.05, 3.63) is 83.3 Å². The summed E-state index contributed by atoms with van der Waals surface area (Å²) in [6.07, 6.45) is 4.50. The zero-order chi connectivity index (χ0) is 25.9. The highest BCUT2D eigenvalue weighted by molar-refractivity contribution is 5.86. The molecule has 11 heteroatoms. The minimum atomic E-state index is -0.938. The molecule has 1 amide bonds. The SMILES string of the molecule is COC(=O)c1cn([C@@H]2C[C@@H](C(=O)NCCc3c[nH]c4ccccc34)N(Cc3ccc(F)c(F)c3)C2)nn1. The predicted molar refractivity (Wildman–Crippen MR) is 131 cm³/mol. The third-order valence-electron chi connectivity index (χ3n) is 6.70. The summed E-state index contributed by atoms with van der Waals surface area (Å²) in [5, 5.41) is 12.0. The zero-order valence-corrected chi connectivity index (χ0v) is 20.2. The highest BCUT2D eigenvalue weighted by Crippen LogP contribution is 2.29. The molecule has 2 N–H and O–H groups in total. The molecule has 0 unspecified atom stereocenters. The number of fused-ring (bicyclic) bond motifs is 1. The van der Waals surface area contributed by atoms with Gasteiger partial charge in [0.05, 0.1) is 25.4 Å². The first-order valence-electron chi connectivity index (χ1n) is 11.9. The molecule has 9 nitrogen and oxygen atoms in total. The van der Waals surface area contributed by atoms with Crippen LogP contribution in [0.1, 0.15) is 34.1 Å². The van der Waals surface area contributed by atoms with Gasteiger partial charge >= 0.3 is 5.97 Å². The number of likely N-dealkylation sites (tertiary alicyclic amines) is 1. The Balaban J connectivity index is 1.30. The summed E-state index contributed by atoms with van der Waals surface area (Å²) in [4.78, 5) is 30.2. The van der Waals surface area contributed by atoms with Crippen molar-refractivity contribution in [1.29, 1.82) is 0 Å². The van der Waals surface area contributed by atoms with Gasteiger partial charge in [0.25, 0.3) is 0 Å². The Kier molecular flexibility index (Phi) is 6.95. The number of amides is 1. The number of aromatic amines is 1. The molecule has 2 aromatic heterocycles. The molecule has 0 aliphatic carbocycles. The van der Waals surface area contributed by atoms with E-state index in [4.69, 9.17) is 4.74 Å². The summed E-state index contributed by atoms with van der Waals surface area (Å²) in [5.74, 6) is -2.63. The maximum Gasteiger partial charge on any atom is 0.360 e. The van der Waals surface area contributed by atoms with Crippen molar-refractivity contribution >= 4 is 22.8 Å². The molecular weight excluding hydrogens is 482 g/mol. The average Bonchev–Trinajstić information content (AvgIpc) is 3.64. The normalized spacial score (nSPS) is 17.8. The van der Waals surface area contributed by atoms with Gasteiger partial charge in [0.2, 0.25) is 5.91 Å². The van der Waals surface area contributed by atoms with Crippen molar-refractivity contribution in [3.63, 3.8) is 0 Å². The van der Waals surface area contributed by atoms with Gasteiger partial charge in [0.15, 0.2) is 17.3 Å². The minimum absolute atomic E-state index is 0.0706. The number of hydrogen-bond donors (Lipinski definition) is 2. The summed E-state index contributed by atoms with van der Waals surface area (Å²) in [5.41, 5.74) is 2.77. The third kappa shape index (κ3) is 5.21. The second-order valence-corrected chi connectivity index (χ2v) is 9.06. The van der Waals surface area contributed by atoms with Gasteiger partial charge in [-0.2, -0.15) is 0 Å². The van der Waals surface area contributed by atoms with Crippen LogP contribution in [0.3, 0.4) is 0 Å². The number of carbonyl (C=O) groups excluding carboxylic acids is 2. The smallest absolute Gasteiger partial charge is 0.360 e. The van der Waals surface area contributed by atoms with Crippen molar-refractivity contribution in [2.45, 2.75) is 31.5 Å². The van der Waals surface area contributed by atoms with E-state index in [1.807, 2.05) is 35.4 Å². The van der Waals surface area contributed by atoms with Crippen LogP contribution in [0, 0.1) is 11.6 Å². The van der Waals surface area contributed by atoms with Crippen molar-refractivity contribution < 1.29 is 23.1 Å². The topological polar surface area (TPSA) is 105 Å². The summed E-state index contributed by atoms with van der Waals surface area (Å²) in [6, 6.07) is 10.9. The van der Waals surface area contributed by atoms with Crippen LogP contribution in [-0.4, -0.2) is 63.0 Å². The summed E-state index contributed by atoms with van der Waals surface area (Å²) in [6.45, 7) is 1.09. The van der Waals surface area contributed by atoms with Gasteiger partial charge in [0, 0.05) is 36.7 Å². The molecule has 1 fully saturated rings. The zero-order valence-electron chi connectivity index (χ0n) is 20.2. The van der Waals surface area contributed by atoms with E-state index in [1.54, 1.807) is 4.68 Å². The molecule has 0 radical (unpaired) electrons. The maximum absolute atomic E-state index is 13.8. The standard InChI is InChI=1S/C26H26F2N6O3/c1-37-26(36)23-15-34(32-31-23)18-11-24(33(14-18)13-16-6-7-20(27)21(28)10-16)25(35)29-9-8-17-12-30-22-5-3-2-4-19(17)22/h2-7,10,12,15,18,24,30H,8-9,11,13-14H2,1H3,(H,29,35)/t18-,24+/m1/s1. The van der Waals surface area contributed by atoms with Crippen molar-refractivity contribution in [1.82, 2.24) is 30.2 Å². The molecule has 1 aliphatic heterocycles. The van der Waals surface area contributed by atoms with Gasteiger partial charge in [-0.15, -0.1) is 5.10 Å². The van der Waals surface area contributed by atoms with Crippen LogP contribution in [0.15, 0.2) is 54.9 Å². The number of nitrogens with zero attached hydrogens (tertiary/aromatic N) is 4. The highest BCUT2D eigenvalue weighted by atomic mass is 19.2. The average molecular weight is 509 g/mol. The molecular formula is C26H26F2N6O3. The fourth-order valence-electron chi connectivity index (χ4n) is 4.82. The number of aromatic nitrogens is 4. The molecule has 3 heterocycles. The Morgan fingerprint density at radius 3 is 2.84 bits per heavy atom.